The summed E-state index contributed by atoms with van der Waals surface area (Å²) < 4.78 is 29.7. The molecular formula is C24H24F2N4O. The molecule has 1 amide bonds. The van der Waals surface area contributed by atoms with Crippen LogP contribution in [0.1, 0.15) is 42.4 Å². The molecule has 160 valence electrons. The van der Waals surface area contributed by atoms with E-state index >= 15 is 0 Å². The van der Waals surface area contributed by atoms with Crippen LogP contribution in [0.3, 0.4) is 0 Å². The zero-order valence-electron chi connectivity index (χ0n) is 17.8. The molecule has 0 spiro atoms. The number of rotatable bonds is 3. The van der Waals surface area contributed by atoms with Gasteiger partial charge < -0.3 is 9.80 Å². The minimum absolute atomic E-state index is 0.0146. The van der Waals surface area contributed by atoms with Crippen LogP contribution in [-0.4, -0.2) is 29.3 Å². The van der Waals surface area contributed by atoms with E-state index in [1.54, 1.807) is 42.1 Å². The second-order valence-electron chi connectivity index (χ2n) is 8.39. The first kappa shape index (κ1) is 19.7. The second-order valence-corrected chi connectivity index (χ2v) is 8.39. The SMILES string of the molecule is C[C@@H]1C(=O)N(C)c2cc(N3CCCc4cc(-c5cnn(C)c5)c(C(F)F)cc43)ccc21. The first-order valence-electron chi connectivity index (χ1n) is 10.5. The summed E-state index contributed by atoms with van der Waals surface area (Å²) in [5, 5.41) is 4.15. The highest BCUT2D eigenvalue weighted by Gasteiger charge is 2.33. The van der Waals surface area contributed by atoms with Crippen molar-refractivity contribution in [3.05, 3.63) is 59.4 Å². The summed E-state index contributed by atoms with van der Waals surface area (Å²) in [7, 11) is 3.57. The minimum Gasteiger partial charge on any atom is -0.341 e. The lowest BCUT2D eigenvalue weighted by molar-refractivity contribution is -0.118. The Bertz CT molecular complexity index is 1190. The molecule has 1 atom stereocenters. The van der Waals surface area contributed by atoms with E-state index < -0.39 is 6.43 Å². The number of nitrogens with zero attached hydrogens (tertiary/aromatic N) is 4. The molecule has 5 nitrogen and oxygen atoms in total. The van der Waals surface area contributed by atoms with Crippen molar-refractivity contribution < 1.29 is 13.6 Å². The molecule has 2 aromatic carbocycles. The number of aryl methyl sites for hydroxylation is 2. The van der Waals surface area contributed by atoms with Gasteiger partial charge in [0.15, 0.2) is 0 Å². The number of benzene rings is 2. The van der Waals surface area contributed by atoms with Crippen LogP contribution in [0.15, 0.2) is 42.7 Å². The Kier molecular flexibility index (Phi) is 4.57. The van der Waals surface area contributed by atoms with Gasteiger partial charge in [-0.15, -0.1) is 0 Å². The van der Waals surface area contributed by atoms with Crippen LogP contribution in [-0.2, 0) is 18.3 Å². The largest absolute Gasteiger partial charge is 0.341 e. The number of anilines is 3. The van der Waals surface area contributed by atoms with Gasteiger partial charge in [0.25, 0.3) is 6.43 Å². The van der Waals surface area contributed by atoms with Crippen LogP contribution >= 0.6 is 0 Å². The van der Waals surface area contributed by atoms with E-state index in [-0.39, 0.29) is 17.4 Å². The van der Waals surface area contributed by atoms with Crippen molar-refractivity contribution >= 4 is 23.0 Å². The maximum atomic E-state index is 14.0. The number of hydrogen-bond acceptors (Lipinski definition) is 3. The summed E-state index contributed by atoms with van der Waals surface area (Å²) in [6.45, 7) is 2.66. The third-order valence-corrected chi connectivity index (χ3v) is 6.47. The van der Waals surface area contributed by atoms with Crippen LogP contribution in [0.2, 0.25) is 0 Å². The van der Waals surface area contributed by atoms with E-state index in [2.05, 4.69) is 10.00 Å². The predicted octanol–water partition coefficient (Wildman–Crippen LogP) is 5.19. The average Bonchev–Trinajstić information content (AvgIpc) is 3.29. The maximum absolute atomic E-state index is 14.0. The van der Waals surface area contributed by atoms with E-state index in [0.717, 1.165) is 47.6 Å². The number of aromatic nitrogens is 2. The predicted molar refractivity (Wildman–Crippen MR) is 117 cm³/mol. The van der Waals surface area contributed by atoms with Gasteiger partial charge in [0.2, 0.25) is 5.91 Å². The summed E-state index contributed by atoms with van der Waals surface area (Å²) in [6.07, 6.45) is 2.57. The van der Waals surface area contributed by atoms with Crippen molar-refractivity contribution in [2.45, 2.75) is 32.1 Å². The van der Waals surface area contributed by atoms with E-state index in [1.165, 1.54) is 0 Å². The fourth-order valence-corrected chi connectivity index (χ4v) is 4.81. The summed E-state index contributed by atoms with van der Waals surface area (Å²) >= 11 is 0. The number of amides is 1. The number of halogens is 2. The topological polar surface area (TPSA) is 41.4 Å². The second kappa shape index (κ2) is 7.18. The summed E-state index contributed by atoms with van der Waals surface area (Å²) in [4.78, 5) is 16.1. The van der Waals surface area contributed by atoms with Gasteiger partial charge in [0.05, 0.1) is 12.1 Å². The van der Waals surface area contributed by atoms with Crippen LogP contribution in [0, 0.1) is 0 Å². The zero-order chi connectivity index (χ0) is 21.9. The Morgan fingerprint density at radius 1 is 1.13 bits per heavy atom. The highest BCUT2D eigenvalue weighted by Crippen LogP contribution is 2.44. The molecule has 0 N–H and O–H groups in total. The Morgan fingerprint density at radius 2 is 1.94 bits per heavy atom. The van der Waals surface area contributed by atoms with Gasteiger partial charge >= 0.3 is 0 Å². The van der Waals surface area contributed by atoms with Crippen molar-refractivity contribution in [3.63, 3.8) is 0 Å². The molecule has 1 aromatic heterocycles. The number of carbonyl (C=O) groups excluding carboxylic acids is 1. The van der Waals surface area contributed by atoms with Crippen molar-refractivity contribution in [2.75, 3.05) is 23.4 Å². The third-order valence-electron chi connectivity index (χ3n) is 6.47. The van der Waals surface area contributed by atoms with Gasteiger partial charge in [0.1, 0.15) is 0 Å². The maximum Gasteiger partial charge on any atom is 0.264 e. The summed E-state index contributed by atoms with van der Waals surface area (Å²) in [5.74, 6) is -0.0811. The van der Waals surface area contributed by atoms with E-state index in [1.807, 2.05) is 31.2 Å². The quantitative estimate of drug-likeness (QED) is 0.583. The van der Waals surface area contributed by atoms with Gasteiger partial charge in [-0.05, 0) is 60.7 Å². The number of hydrogen-bond donors (Lipinski definition) is 0. The van der Waals surface area contributed by atoms with Gasteiger partial charge in [-0.3, -0.25) is 9.48 Å². The lowest BCUT2D eigenvalue weighted by Crippen LogP contribution is -2.25. The van der Waals surface area contributed by atoms with Crippen LogP contribution in [0.25, 0.3) is 11.1 Å². The molecule has 3 aromatic rings. The van der Waals surface area contributed by atoms with Crippen molar-refractivity contribution in [1.82, 2.24) is 9.78 Å². The fourth-order valence-electron chi connectivity index (χ4n) is 4.81. The Labute approximate surface area is 179 Å². The first-order valence-corrected chi connectivity index (χ1v) is 10.5. The monoisotopic (exact) mass is 422 g/mol. The number of fused-ring (bicyclic) bond motifs is 2. The van der Waals surface area contributed by atoms with E-state index in [4.69, 9.17) is 0 Å². The number of carbonyl (C=O) groups is 1. The Balaban J connectivity index is 1.61. The molecule has 0 fully saturated rings. The molecule has 2 aliphatic heterocycles. The number of alkyl halides is 2. The van der Waals surface area contributed by atoms with Crippen LogP contribution < -0.4 is 9.80 Å². The minimum atomic E-state index is -2.59. The molecule has 7 heteroatoms. The van der Waals surface area contributed by atoms with Gasteiger partial charge in [-0.2, -0.15) is 5.10 Å². The van der Waals surface area contributed by atoms with Crippen LogP contribution in [0.5, 0.6) is 0 Å². The molecule has 2 aliphatic rings. The number of likely N-dealkylation sites (N-methyl/N-ethyl adjacent to an activating group) is 1. The highest BCUT2D eigenvalue weighted by molar-refractivity contribution is 6.05. The van der Waals surface area contributed by atoms with E-state index in [9.17, 15) is 13.6 Å². The van der Waals surface area contributed by atoms with E-state index in [0.29, 0.717) is 11.1 Å². The summed E-state index contributed by atoms with van der Waals surface area (Å²) in [5.41, 5.74) is 5.93. The van der Waals surface area contributed by atoms with Gasteiger partial charge in [-0.25, -0.2) is 8.78 Å². The summed E-state index contributed by atoms with van der Waals surface area (Å²) in [6, 6.07) is 9.51. The van der Waals surface area contributed by atoms with Crippen molar-refractivity contribution in [3.8, 4) is 11.1 Å². The van der Waals surface area contributed by atoms with Gasteiger partial charge in [-0.1, -0.05) is 6.07 Å². The molecule has 0 saturated heterocycles. The Morgan fingerprint density at radius 3 is 2.65 bits per heavy atom. The smallest absolute Gasteiger partial charge is 0.264 e. The van der Waals surface area contributed by atoms with Crippen molar-refractivity contribution in [1.29, 1.82) is 0 Å². The Hall–Kier alpha value is -3.22. The average molecular weight is 422 g/mol. The molecule has 0 aliphatic carbocycles. The van der Waals surface area contributed by atoms with Gasteiger partial charge in [0, 0.05) is 55.0 Å². The van der Waals surface area contributed by atoms with Crippen molar-refractivity contribution in [2.24, 2.45) is 7.05 Å². The standard InChI is InChI=1S/C24H24F2N4O/c1-14-18-7-6-17(10-22(18)29(3)24(14)31)30-8-4-5-15-9-19(16-12-27-28(2)13-16)20(23(25)26)11-21(15)30/h6-7,9-14,23H,4-5,8H2,1-3H3/t14-/m0/s1. The molecule has 0 saturated carbocycles. The molecule has 0 unspecified atom stereocenters. The molecular weight excluding hydrogens is 398 g/mol. The fraction of sp³-hybridized carbons (Fsp3) is 0.333. The first-order chi connectivity index (χ1) is 14.8. The zero-order valence-corrected chi connectivity index (χ0v) is 17.8. The highest BCUT2D eigenvalue weighted by atomic mass is 19.3. The molecule has 0 radical (unpaired) electrons. The lowest BCUT2D eigenvalue weighted by atomic mass is 9.92. The molecule has 5 rings (SSSR count). The lowest BCUT2D eigenvalue weighted by Gasteiger charge is -2.33. The third kappa shape index (κ3) is 3.10. The molecule has 31 heavy (non-hydrogen) atoms. The normalized spacial score (nSPS) is 18.0. The molecule has 3 heterocycles. The van der Waals surface area contributed by atoms with Crippen LogP contribution in [0.4, 0.5) is 25.8 Å². The molecule has 0 bridgehead atoms.